The van der Waals surface area contributed by atoms with Crippen molar-refractivity contribution >= 4 is 17.3 Å². The largest absolute Gasteiger partial charge is 0.395 e. The molecule has 1 unspecified atom stereocenters. The zero-order valence-corrected chi connectivity index (χ0v) is 15.2. The number of rotatable bonds is 9. The number of benzene rings is 2. The van der Waals surface area contributed by atoms with Crippen LogP contribution in [0.4, 0.5) is 5.69 Å². The Morgan fingerprint density at radius 3 is 2.64 bits per heavy atom. The fraction of sp³-hybridized carbons (Fsp3) is 0.350. The van der Waals surface area contributed by atoms with Crippen LogP contribution in [0.3, 0.4) is 0 Å². The first-order valence-electron chi connectivity index (χ1n) is 8.50. The molecule has 0 spiro atoms. The van der Waals surface area contributed by atoms with E-state index in [1.165, 1.54) is 0 Å². The molecule has 0 heterocycles. The van der Waals surface area contributed by atoms with E-state index < -0.39 is 0 Å². The van der Waals surface area contributed by atoms with Gasteiger partial charge < -0.3 is 15.3 Å². The van der Waals surface area contributed by atoms with Crippen molar-refractivity contribution < 1.29 is 5.11 Å². The molecular weight excluding hydrogens is 334 g/mol. The van der Waals surface area contributed by atoms with Crippen LogP contribution in [0.15, 0.2) is 48.5 Å². The van der Waals surface area contributed by atoms with Crippen LogP contribution in [0.2, 0.25) is 5.02 Å². The molecule has 2 N–H and O–H groups in total. The molecule has 0 saturated carbocycles. The average Bonchev–Trinajstić information content (AvgIpc) is 2.65. The maximum atomic E-state index is 9.35. The Bertz CT molecular complexity index is 696. The molecule has 2 aromatic rings. The van der Waals surface area contributed by atoms with Crippen LogP contribution in [0.5, 0.6) is 0 Å². The van der Waals surface area contributed by atoms with E-state index >= 15 is 0 Å². The molecule has 132 valence electrons. The standard InChI is InChI=1S/C20H24ClN3O/c1-2-19(15-25)23-10-11-24(20-6-4-3-5-7-20)14-17-12-18(21)9-8-16(17)13-22/h3-9,12,19,23,25H,2,10-11,14-15H2,1H3. The van der Waals surface area contributed by atoms with Gasteiger partial charge in [0.05, 0.1) is 18.2 Å². The second-order valence-corrected chi connectivity index (χ2v) is 6.35. The summed E-state index contributed by atoms with van der Waals surface area (Å²) in [6, 6.07) is 17.8. The summed E-state index contributed by atoms with van der Waals surface area (Å²) in [6.07, 6.45) is 0.884. The maximum absolute atomic E-state index is 9.35. The number of hydrogen-bond donors (Lipinski definition) is 2. The molecule has 2 aromatic carbocycles. The van der Waals surface area contributed by atoms with Gasteiger partial charge in [-0.1, -0.05) is 36.7 Å². The van der Waals surface area contributed by atoms with Crippen LogP contribution in [-0.4, -0.2) is 30.8 Å². The Labute approximate surface area is 154 Å². The Kier molecular flexibility index (Phi) is 7.75. The van der Waals surface area contributed by atoms with E-state index in [2.05, 4.69) is 28.4 Å². The van der Waals surface area contributed by atoms with E-state index in [0.717, 1.165) is 30.8 Å². The van der Waals surface area contributed by atoms with Gasteiger partial charge in [-0.25, -0.2) is 0 Å². The zero-order chi connectivity index (χ0) is 18.1. The number of anilines is 1. The van der Waals surface area contributed by atoms with Crippen LogP contribution in [0.1, 0.15) is 24.5 Å². The summed E-state index contributed by atoms with van der Waals surface area (Å²) in [5.74, 6) is 0. The van der Waals surface area contributed by atoms with Crippen molar-refractivity contribution in [2.75, 3.05) is 24.6 Å². The van der Waals surface area contributed by atoms with Gasteiger partial charge >= 0.3 is 0 Å². The monoisotopic (exact) mass is 357 g/mol. The molecule has 1 atom stereocenters. The Morgan fingerprint density at radius 2 is 2.00 bits per heavy atom. The summed E-state index contributed by atoms with van der Waals surface area (Å²) in [7, 11) is 0. The summed E-state index contributed by atoms with van der Waals surface area (Å²) in [5.41, 5.74) is 2.64. The van der Waals surface area contributed by atoms with Crippen LogP contribution >= 0.6 is 11.6 Å². The first-order chi connectivity index (χ1) is 12.2. The minimum absolute atomic E-state index is 0.110. The van der Waals surface area contributed by atoms with Gasteiger partial charge in [0.15, 0.2) is 0 Å². The number of nitrogens with zero attached hydrogens (tertiary/aromatic N) is 2. The molecule has 5 heteroatoms. The molecule has 0 aromatic heterocycles. The number of aliphatic hydroxyl groups excluding tert-OH is 1. The van der Waals surface area contributed by atoms with Gasteiger partial charge in [-0.3, -0.25) is 0 Å². The maximum Gasteiger partial charge on any atom is 0.0995 e. The van der Waals surface area contributed by atoms with Gasteiger partial charge in [-0.05, 0) is 42.3 Å². The fourth-order valence-corrected chi connectivity index (χ4v) is 2.88. The third kappa shape index (κ3) is 5.75. The van der Waals surface area contributed by atoms with Crippen molar-refractivity contribution in [3.8, 4) is 6.07 Å². The molecule has 4 nitrogen and oxygen atoms in total. The molecule has 0 saturated heterocycles. The number of hydrogen-bond acceptors (Lipinski definition) is 4. The molecule has 0 aliphatic heterocycles. The third-order valence-corrected chi connectivity index (χ3v) is 4.43. The van der Waals surface area contributed by atoms with E-state index in [9.17, 15) is 10.4 Å². The number of aliphatic hydroxyl groups is 1. The van der Waals surface area contributed by atoms with Gasteiger partial charge in [0.25, 0.3) is 0 Å². The molecule has 0 bridgehead atoms. The SMILES string of the molecule is CCC(CO)NCCN(Cc1cc(Cl)ccc1C#N)c1ccccc1. The predicted molar refractivity (Wildman–Crippen MR) is 103 cm³/mol. The molecule has 2 rings (SSSR count). The van der Waals surface area contributed by atoms with Crippen molar-refractivity contribution in [1.82, 2.24) is 5.32 Å². The summed E-state index contributed by atoms with van der Waals surface area (Å²) in [5, 5.41) is 22.7. The van der Waals surface area contributed by atoms with Gasteiger partial charge in [-0.15, -0.1) is 0 Å². The predicted octanol–water partition coefficient (Wildman–Crippen LogP) is 3.58. The van der Waals surface area contributed by atoms with Crippen LogP contribution in [0, 0.1) is 11.3 Å². The van der Waals surface area contributed by atoms with Gasteiger partial charge in [0.2, 0.25) is 0 Å². The van der Waals surface area contributed by atoms with E-state index in [4.69, 9.17) is 11.6 Å². The lowest BCUT2D eigenvalue weighted by molar-refractivity contribution is 0.240. The molecule has 25 heavy (non-hydrogen) atoms. The number of nitriles is 1. The highest BCUT2D eigenvalue weighted by Gasteiger charge is 2.12. The average molecular weight is 358 g/mol. The molecule has 0 amide bonds. The number of nitrogens with one attached hydrogen (secondary N) is 1. The van der Waals surface area contributed by atoms with E-state index in [1.54, 1.807) is 12.1 Å². The second-order valence-electron chi connectivity index (χ2n) is 5.91. The number of halogens is 1. The van der Waals surface area contributed by atoms with Crippen molar-refractivity contribution in [3.63, 3.8) is 0 Å². The van der Waals surface area contributed by atoms with Crippen molar-refractivity contribution in [3.05, 3.63) is 64.7 Å². The first-order valence-corrected chi connectivity index (χ1v) is 8.88. The Balaban J connectivity index is 2.15. The second kappa shape index (κ2) is 10.0. The van der Waals surface area contributed by atoms with E-state index in [0.29, 0.717) is 17.1 Å². The van der Waals surface area contributed by atoms with Crippen LogP contribution in [0.25, 0.3) is 0 Å². The highest BCUT2D eigenvalue weighted by Crippen LogP contribution is 2.21. The lowest BCUT2D eigenvalue weighted by atomic mass is 10.1. The highest BCUT2D eigenvalue weighted by molar-refractivity contribution is 6.30. The molecule has 0 aliphatic carbocycles. The Morgan fingerprint density at radius 1 is 1.24 bits per heavy atom. The van der Waals surface area contributed by atoms with Gasteiger partial charge in [-0.2, -0.15) is 5.26 Å². The zero-order valence-electron chi connectivity index (χ0n) is 14.5. The molecule has 0 fully saturated rings. The topological polar surface area (TPSA) is 59.3 Å². The van der Waals surface area contributed by atoms with E-state index in [1.807, 2.05) is 31.2 Å². The quantitative estimate of drug-likeness (QED) is 0.720. The molecular formula is C20H24ClN3O. The van der Waals surface area contributed by atoms with Gasteiger partial charge in [0, 0.05) is 36.4 Å². The summed E-state index contributed by atoms with van der Waals surface area (Å²) >= 11 is 6.12. The summed E-state index contributed by atoms with van der Waals surface area (Å²) in [6.45, 7) is 4.29. The highest BCUT2D eigenvalue weighted by atomic mass is 35.5. The summed E-state index contributed by atoms with van der Waals surface area (Å²) in [4.78, 5) is 2.21. The van der Waals surface area contributed by atoms with Crippen LogP contribution in [-0.2, 0) is 6.54 Å². The fourth-order valence-electron chi connectivity index (χ4n) is 2.69. The smallest absolute Gasteiger partial charge is 0.0995 e. The molecule has 0 aliphatic rings. The molecule has 0 radical (unpaired) electrons. The lowest BCUT2D eigenvalue weighted by Crippen LogP contribution is -2.38. The Hall–Kier alpha value is -2.06. The normalized spacial score (nSPS) is 11.8. The first kappa shape index (κ1) is 19.3. The van der Waals surface area contributed by atoms with Crippen molar-refractivity contribution in [2.45, 2.75) is 25.9 Å². The summed E-state index contributed by atoms with van der Waals surface area (Å²) < 4.78 is 0. The lowest BCUT2D eigenvalue weighted by Gasteiger charge is -2.27. The minimum Gasteiger partial charge on any atom is -0.395 e. The van der Waals surface area contributed by atoms with Crippen molar-refractivity contribution in [2.24, 2.45) is 0 Å². The van der Waals surface area contributed by atoms with Crippen LogP contribution < -0.4 is 10.2 Å². The van der Waals surface area contributed by atoms with Crippen molar-refractivity contribution in [1.29, 1.82) is 5.26 Å². The van der Waals surface area contributed by atoms with Gasteiger partial charge in [0.1, 0.15) is 0 Å². The van der Waals surface area contributed by atoms with E-state index in [-0.39, 0.29) is 12.6 Å². The number of para-hydroxylation sites is 1. The minimum atomic E-state index is 0.110. The third-order valence-electron chi connectivity index (χ3n) is 4.20.